The number of aromatic hydroxyl groups is 1. The quantitative estimate of drug-likeness (QED) is 0.737. The molecular weight excluding hydrogens is 220 g/mol. The zero-order chi connectivity index (χ0) is 14.3. The number of benzene rings is 1. The maximum Gasteiger partial charge on any atom is 0.119 e. The molecule has 0 saturated heterocycles. The normalized spacial score (nSPS) is 12.6. The molecule has 0 saturated carbocycles. The summed E-state index contributed by atoms with van der Waals surface area (Å²) in [5.74, 6) is 0.369. The maximum absolute atomic E-state index is 10.2. The lowest BCUT2D eigenvalue weighted by molar-refractivity contribution is 0.444. The lowest BCUT2D eigenvalue weighted by Crippen LogP contribution is -2.18. The van der Waals surface area contributed by atoms with Gasteiger partial charge in [-0.05, 0) is 40.5 Å². The Hall–Kier alpha value is -1.24. The average molecular weight is 246 g/mol. The molecule has 0 heterocycles. The number of rotatable bonds is 1. The van der Waals surface area contributed by atoms with E-state index in [1.807, 2.05) is 13.0 Å². The lowest BCUT2D eigenvalue weighted by atomic mass is 9.77. The molecule has 0 aliphatic rings. The van der Waals surface area contributed by atoms with Gasteiger partial charge in [0.1, 0.15) is 5.75 Å². The van der Waals surface area contributed by atoms with Gasteiger partial charge < -0.3 is 5.11 Å². The number of allylic oxidation sites excluding steroid dienone is 1. The predicted molar refractivity (Wildman–Crippen MR) is 80.2 cm³/mol. The van der Waals surface area contributed by atoms with Crippen LogP contribution in [0, 0.1) is 0 Å². The van der Waals surface area contributed by atoms with Crippen LogP contribution in [0.1, 0.15) is 65.2 Å². The minimum absolute atomic E-state index is 0.0436. The fourth-order valence-corrected chi connectivity index (χ4v) is 2.16. The summed E-state index contributed by atoms with van der Waals surface area (Å²) < 4.78 is 0. The Morgan fingerprint density at radius 1 is 0.944 bits per heavy atom. The highest BCUT2D eigenvalue weighted by Crippen LogP contribution is 2.38. The molecule has 0 unspecified atom stereocenters. The van der Waals surface area contributed by atoms with Crippen molar-refractivity contribution in [2.24, 2.45) is 0 Å². The second kappa shape index (κ2) is 4.46. The molecule has 1 nitrogen and oxygen atoms in total. The van der Waals surface area contributed by atoms with Crippen LogP contribution in [-0.2, 0) is 10.8 Å². The Morgan fingerprint density at radius 2 is 1.39 bits per heavy atom. The first-order valence-corrected chi connectivity index (χ1v) is 6.48. The van der Waals surface area contributed by atoms with E-state index in [1.165, 1.54) is 5.56 Å². The molecule has 0 aliphatic carbocycles. The molecule has 1 heteroatoms. The Balaban J connectivity index is 3.62. The molecule has 0 spiro atoms. The van der Waals surface area contributed by atoms with E-state index in [0.29, 0.717) is 5.75 Å². The van der Waals surface area contributed by atoms with Crippen LogP contribution in [0.2, 0.25) is 0 Å². The van der Waals surface area contributed by atoms with Crippen LogP contribution in [0.5, 0.6) is 5.75 Å². The molecule has 0 atom stereocenters. The topological polar surface area (TPSA) is 20.2 Å². The maximum atomic E-state index is 10.2. The van der Waals surface area contributed by atoms with Gasteiger partial charge in [0, 0.05) is 0 Å². The van der Waals surface area contributed by atoms with Gasteiger partial charge >= 0.3 is 0 Å². The SMILES string of the molecule is C=C(C)c1cc(O)c(C(C)(C)C)cc1C(C)(C)C. The van der Waals surface area contributed by atoms with E-state index in [4.69, 9.17) is 0 Å². The van der Waals surface area contributed by atoms with Gasteiger partial charge in [0.15, 0.2) is 0 Å². The molecular formula is C17H26O. The monoisotopic (exact) mass is 246 g/mol. The van der Waals surface area contributed by atoms with E-state index in [1.54, 1.807) is 0 Å². The van der Waals surface area contributed by atoms with Gasteiger partial charge in [-0.25, -0.2) is 0 Å². The fourth-order valence-electron chi connectivity index (χ4n) is 2.16. The summed E-state index contributed by atoms with van der Waals surface area (Å²) in [6, 6.07) is 4.00. The molecule has 18 heavy (non-hydrogen) atoms. The van der Waals surface area contributed by atoms with Gasteiger partial charge in [0.2, 0.25) is 0 Å². The van der Waals surface area contributed by atoms with Crippen molar-refractivity contribution in [3.63, 3.8) is 0 Å². The third-order valence-electron chi connectivity index (χ3n) is 3.21. The Morgan fingerprint density at radius 3 is 1.72 bits per heavy atom. The number of phenols is 1. The zero-order valence-electron chi connectivity index (χ0n) is 12.8. The van der Waals surface area contributed by atoms with Gasteiger partial charge in [-0.15, -0.1) is 0 Å². The third kappa shape index (κ3) is 2.95. The number of phenolic OH excluding ortho intramolecular Hbond substituents is 1. The van der Waals surface area contributed by atoms with Crippen molar-refractivity contribution >= 4 is 5.57 Å². The van der Waals surface area contributed by atoms with E-state index in [-0.39, 0.29) is 10.8 Å². The minimum atomic E-state index is -0.0578. The van der Waals surface area contributed by atoms with Crippen molar-refractivity contribution in [3.8, 4) is 5.75 Å². The largest absolute Gasteiger partial charge is 0.508 e. The summed E-state index contributed by atoms with van der Waals surface area (Å²) in [5.41, 5.74) is 4.29. The van der Waals surface area contributed by atoms with Crippen molar-refractivity contribution in [3.05, 3.63) is 35.4 Å². The first kappa shape index (κ1) is 14.8. The highest BCUT2D eigenvalue weighted by Gasteiger charge is 2.25. The zero-order valence-corrected chi connectivity index (χ0v) is 12.8. The molecule has 1 N–H and O–H groups in total. The van der Waals surface area contributed by atoms with Gasteiger partial charge in [-0.2, -0.15) is 0 Å². The minimum Gasteiger partial charge on any atom is -0.508 e. The Labute approximate surface area is 112 Å². The highest BCUT2D eigenvalue weighted by atomic mass is 16.3. The van der Waals surface area contributed by atoms with Crippen LogP contribution in [-0.4, -0.2) is 5.11 Å². The number of hydrogen-bond donors (Lipinski definition) is 1. The Bertz CT molecular complexity index is 468. The molecule has 0 radical (unpaired) electrons. The van der Waals surface area contributed by atoms with Crippen molar-refractivity contribution < 1.29 is 5.11 Å². The van der Waals surface area contributed by atoms with Gasteiger partial charge in [0.05, 0.1) is 0 Å². The molecule has 100 valence electrons. The molecule has 0 bridgehead atoms. The summed E-state index contributed by atoms with van der Waals surface area (Å²) in [5, 5.41) is 10.2. The summed E-state index contributed by atoms with van der Waals surface area (Å²) in [7, 11) is 0. The Kier molecular flexibility index (Phi) is 3.67. The first-order chi connectivity index (χ1) is 7.94. The van der Waals surface area contributed by atoms with Crippen molar-refractivity contribution in [2.45, 2.75) is 59.3 Å². The summed E-state index contributed by atoms with van der Waals surface area (Å²) in [4.78, 5) is 0. The second-order valence-corrected chi connectivity index (χ2v) is 7.20. The lowest BCUT2D eigenvalue weighted by Gasteiger charge is -2.28. The van der Waals surface area contributed by atoms with Crippen LogP contribution in [0.15, 0.2) is 18.7 Å². The second-order valence-electron chi connectivity index (χ2n) is 7.20. The van der Waals surface area contributed by atoms with Gasteiger partial charge in [0.25, 0.3) is 0 Å². The van der Waals surface area contributed by atoms with Gasteiger partial charge in [-0.3, -0.25) is 0 Å². The molecule has 0 aromatic heterocycles. The fraction of sp³-hybridized carbons (Fsp3) is 0.529. The molecule has 0 amide bonds. The third-order valence-corrected chi connectivity index (χ3v) is 3.21. The predicted octanol–water partition coefficient (Wildman–Crippen LogP) is 5.02. The van der Waals surface area contributed by atoms with E-state index in [9.17, 15) is 5.11 Å². The molecule has 1 rings (SSSR count). The van der Waals surface area contributed by atoms with Crippen LogP contribution in [0.25, 0.3) is 5.57 Å². The van der Waals surface area contributed by atoms with Crippen LogP contribution in [0.3, 0.4) is 0 Å². The van der Waals surface area contributed by atoms with Gasteiger partial charge in [-0.1, -0.05) is 59.8 Å². The van der Waals surface area contributed by atoms with E-state index < -0.39 is 0 Å². The van der Waals surface area contributed by atoms with E-state index >= 15 is 0 Å². The van der Waals surface area contributed by atoms with Crippen molar-refractivity contribution in [1.29, 1.82) is 0 Å². The number of hydrogen-bond acceptors (Lipinski definition) is 1. The van der Waals surface area contributed by atoms with E-state index in [0.717, 1.165) is 16.7 Å². The summed E-state index contributed by atoms with van der Waals surface area (Å²) in [6.07, 6.45) is 0. The van der Waals surface area contributed by atoms with Crippen molar-refractivity contribution in [2.75, 3.05) is 0 Å². The highest BCUT2D eigenvalue weighted by molar-refractivity contribution is 5.68. The van der Waals surface area contributed by atoms with Crippen LogP contribution >= 0.6 is 0 Å². The molecule has 0 fully saturated rings. The van der Waals surface area contributed by atoms with Crippen LogP contribution in [0.4, 0.5) is 0 Å². The smallest absolute Gasteiger partial charge is 0.119 e. The van der Waals surface area contributed by atoms with Crippen molar-refractivity contribution in [1.82, 2.24) is 0 Å². The van der Waals surface area contributed by atoms with Crippen LogP contribution < -0.4 is 0 Å². The first-order valence-electron chi connectivity index (χ1n) is 6.48. The molecule has 0 aliphatic heterocycles. The average Bonchev–Trinajstić information content (AvgIpc) is 2.12. The molecule has 1 aromatic rings. The van der Waals surface area contributed by atoms with E-state index in [2.05, 4.69) is 54.2 Å². The summed E-state index contributed by atoms with van der Waals surface area (Å²) in [6.45, 7) is 18.9. The standard InChI is InChI=1S/C17H26O/c1-11(2)12-9-15(18)14(17(6,7)8)10-13(12)16(3,4)5/h9-10,18H,1H2,2-8H3. The molecule has 1 aromatic carbocycles. The summed E-state index contributed by atoms with van der Waals surface area (Å²) >= 11 is 0.